The molecule has 1 amide bonds. The lowest BCUT2D eigenvalue weighted by Gasteiger charge is -2.14. The lowest BCUT2D eigenvalue weighted by Crippen LogP contribution is -2.31. The molecule has 0 unspecified atom stereocenters. The molecule has 1 aliphatic rings. The number of hydrogen-bond acceptors (Lipinski definition) is 6. The second kappa shape index (κ2) is 8.63. The number of carbonyl (C=O) groups is 2. The minimum Gasteiger partial charge on any atom is -0.482 e. The number of benzene rings is 2. The summed E-state index contributed by atoms with van der Waals surface area (Å²) in [5, 5.41) is 3.59. The zero-order valence-electron chi connectivity index (χ0n) is 17.4. The van der Waals surface area contributed by atoms with Crippen LogP contribution in [0.15, 0.2) is 51.7 Å². The maximum absolute atomic E-state index is 12.2. The third kappa shape index (κ3) is 4.60. The van der Waals surface area contributed by atoms with Crippen molar-refractivity contribution in [2.75, 3.05) is 11.9 Å². The van der Waals surface area contributed by atoms with Crippen molar-refractivity contribution in [3.8, 4) is 5.75 Å². The van der Waals surface area contributed by atoms with Gasteiger partial charge in [0.05, 0.1) is 0 Å². The molecule has 160 valence electrons. The topological polar surface area (TPSA) is 94.8 Å². The molecular weight excluding hydrogens is 398 g/mol. The van der Waals surface area contributed by atoms with Gasteiger partial charge in [0.15, 0.2) is 12.7 Å². The molecular formula is C24H23NO6. The van der Waals surface area contributed by atoms with Crippen molar-refractivity contribution in [2.24, 2.45) is 0 Å². The Morgan fingerprint density at radius 2 is 1.84 bits per heavy atom. The fraction of sp³-hybridized carbons (Fsp3) is 0.292. The standard InChI is InChI=1S/C24H23NO6/c1-14-6-8-16(9-7-14)25-23(27)15(2)30-22(26)13-29-17-10-11-19-18-4-3-5-20(18)24(28)31-21(19)12-17/h6-12,15H,3-5,13H2,1-2H3,(H,25,27)/t15-/m1/s1. The highest BCUT2D eigenvalue weighted by Crippen LogP contribution is 2.29. The maximum Gasteiger partial charge on any atom is 0.344 e. The van der Waals surface area contributed by atoms with Crippen molar-refractivity contribution < 1.29 is 23.5 Å². The van der Waals surface area contributed by atoms with Crippen LogP contribution in [0.5, 0.6) is 5.75 Å². The van der Waals surface area contributed by atoms with Gasteiger partial charge in [0.2, 0.25) is 0 Å². The Bertz CT molecular complexity index is 1200. The largest absolute Gasteiger partial charge is 0.482 e. The van der Waals surface area contributed by atoms with Gasteiger partial charge in [-0.15, -0.1) is 0 Å². The van der Waals surface area contributed by atoms with Gasteiger partial charge in [-0.05, 0) is 62.9 Å². The smallest absolute Gasteiger partial charge is 0.344 e. The van der Waals surface area contributed by atoms with Crippen molar-refractivity contribution in [2.45, 2.75) is 39.2 Å². The molecule has 0 aliphatic heterocycles. The van der Waals surface area contributed by atoms with Gasteiger partial charge in [0.25, 0.3) is 5.91 Å². The van der Waals surface area contributed by atoms with Crippen molar-refractivity contribution in [1.82, 2.24) is 0 Å². The summed E-state index contributed by atoms with van der Waals surface area (Å²) in [6, 6.07) is 12.5. The molecule has 7 nitrogen and oxygen atoms in total. The van der Waals surface area contributed by atoms with Gasteiger partial charge < -0.3 is 19.2 Å². The molecule has 1 heterocycles. The maximum atomic E-state index is 12.2. The Morgan fingerprint density at radius 1 is 1.10 bits per heavy atom. The van der Waals surface area contributed by atoms with Crippen LogP contribution in [0.1, 0.15) is 30.0 Å². The summed E-state index contributed by atoms with van der Waals surface area (Å²) in [4.78, 5) is 36.4. The van der Waals surface area contributed by atoms with E-state index in [1.165, 1.54) is 6.92 Å². The van der Waals surface area contributed by atoms with Gasteiger partial charge >= 0.3 is 11.6 Å². The number of hydrogen-bond donors (Lipinski definition) is 1. The third-order valence-electron chi connectivity index (χ3n) is 5.30. The Morgan fingerprint density at radius 3 is 2.61 bits per heavy atom. The van der Waals surface area contributed by atoms with Crippen molar-refractivity contribution in [3.63, 3.8) is 0 Å². The van der Waals surface area contributed by atoms with E-state index in [0.29, 0.717) is 17.0 Å². The van der Waals surface area contributed by atoms with E-state index in [4.69, 9.17) is 13.9 Å². The molecule has 0 fully saturated rings. The molecule has 0 saturated heterocycles. The predicted octanol–water partition coefficient (Wildman–Crippen LogP) is 3.54. The van der Waals surface area contributed by atoms with E-state index >= 15 is 0 Å². The molecule has 1 N–H and O–H groups in total. The van der Waals surface area contributed by atoms with Gasteiger partial charge in [-0.3, -0.25) is 4.79 Å². The molecule has 1 aromatic heterocycles. The molecule has 0 spiro atoms. The summed E-state index contributed by atoms with van der Waals surface area (Å²) in [5.74, 6) is -0.733. The van der Waals surface area contributed by atoms with Crippen LogP contribution in [0.2, 0.25) is 0 Å². The number of aryl methyl sites for hydroxylation is 2. The Hall–Kier alpha value is -3.61. The van der Waals surface area contributed by atoms with Crippen LogP contribution in [-0.2, 0) is 27.2 Å². The molecule has 0 bridgehead atoms. The van der Waals surface area contributed by atoms with E-state index in [1.54, 1.807) is 24.3 Å². The molecule has 0 radical (unpaired) electrons. The monoisotopic (exact) mass is 421 g/mol. The van der Waals surface area contributed by atoms with Crippen LogP contribution in [0.3, 0.4) is 0 Å². The lowest BCUT2D eigenvalue weighted by molar-refractivity contribution is -0.155. The Kier molecular flexibility index (Phi) is 5.75. The Balaban J connectivity index is 1.34. The van der Waals surface area contributed by atoms with Crippen LogP contribution >= 0.6 is 0 Å². The second-order valence-electron chi connectivity index (χ2n) is 7.63. The SMILES string of the molecule is Cc1ccc(NC(=O)[C@@H](C)OC(=O)COc2ccc3c4c(c(=O)oc3c2)CCC4)cc1. The number of fused-ring (bicyclic) bond motifs is 3. The molecule has 1 aliphatic carbocycles. The molecule has 1 atom stereocenters. The number of amides is 1. The van der Waals surface area contributed by atoms with Gasteiger partial charge in [-0.25, -0.2) is 9.59 Å². The molecule has 4 rings (SSSR count). The number of nitrogens with one attached hydrogen (secondary N) is 1. The average Bonchev–Trinajstić information content (AvgIpc) is 3.24. The van der Waals surface area contributed by atoms with E-state index in [9.17, 15) is 14.4 Å². The summed E-state index contributed by atoms with van der Waals surface area (Å²) in [7, 11) is 0. The van der Waals surface area contributed by atoms with Crippen LogP contribution in [0, 0.1) is 6.92 Å². The summed E-state index contributed by atoms with van der Waals surface area (Å²) in [5.41, 5.74) is 3.60. The highest BCUT2D eigenvalue weighted by atomic mass is 16.6. The first-order chi connectivity index (χ1) is 14.9. The number of ether oxygens (including phenoxy) is 2. The predicted molar refractivity (Wildman–Crippen MR) is 115 cm³/mol. The highest BCUT2D eigenvalue weighted by molar-refractivity contribution is 5.95. The van der Waals surface area contributed by atoms with E-state index in [2.05, 4.69) is 5.32 Å². The summed E-state index contributed by atoms with van der Waals surface area (Å²) in [6.07, 6.45) is 1.56. The third-order valence-corrected chi connectivity index (χ3v) is 5.30. The average molecular weight is 421 g/mol. The van der Waals surface area contributed by atoms with Gasteiger partial charge in [-0.1, -0.05) is 17.7 Å². The van der Waals surface area contributed by atoms with Crippen molar-refractivity contribution in [1.29, 1.82) is 0 Å². The van der Waals surface area contributed by atoms with Crippen LogP contribution in [0.25, 0.3) is 11.0 Å². The van der Waals surface area contributed by atoms with Gasteiger partial charge in [0.1, 0.15) is 11.3 Å². The van der Waals surface area contributed by atoms with E-state index in [-0.39, 0.29) is 12.2 Å². The van der Waals surface area contributed by atoms with E-state index < -0.39 is 18.0 Å². The lowest BCUT2D eigenvalue weighted by atomic mass is 10.1. The number of anilines is 1. The van der Waals surface area contributed by atoms with Crippen LogP contribution in [0.4, 0.5) is 5.69 Å². The second-order valence-corrected chi connectivity index (χ2v) is 7.63. The molecule has 3 aromatic rings. The normalized spacial score (nSPS) is 13.5. The quantitative estimate of drug-likeness (QED) is 0.483. The van der Waals surface area contributed by atoms with Crippen molar-refractivity contribution >= 4 is 28.5 Å². The first kappa shape index (κ1) is 20.7. The van der Waals surface area contributed by atoms with Crippen LogP contribution in [-0.4, -0.2) is 24.6 Å². The fourth-order valence-corrected chi connectivity index (χ4v) is 3.66. The molecule has 31 heavy (non-hydrogen) atoms. The molecule has 2 aromatic carbocycles. The number of rotatable bonds is 6. The summed E-state index contributed by atoms with van der Waals surface area (Å²) < 4.78 is 16.0. The van der Waals surface area contributed by atoms with Crippen molar-refractivity contribution in [3.05, 3.63) is 69.6 Å². The fourth-order valence-electron chi connectivity index (χ4n) is 3.66. The minimum absolute atomic E-state index is 0.315. The van der Waals surface area contributed by atoms with Gasteiger partial charge in [0, 0.05) is 22.7 Å². The first-order valence-corrected chi connectivity index (χ1v) is 10.2. The zero-order valence-corrected chi connectivity index (χ0v) is 17.4. The number of carbonyl (C=O) groups excluding carboxylic acids is 2. The molecule has 0 saturated carbocycles. The Labute approximate surface area is 179 Å². The molecule has 7 heteroatoms. The summed E-state index contributed by atoms with van der Waals surface area (Å²) >= 11 is 0. The zero-order chi connectivity index (χ0) is 22.0. The van der Waals surface area contributed by atoms with E-state index in [1.807, 2.05) is 25.1 Å². The number of esters is 1. The minimum atomic E-state index is -0.977. The summed E-state index contributed by atoms with van der Waals surface area (Å²) in [6.45, 7) is 3.07. The highest BCUT2D eigenvalue weighted by Gasteiger charge is 2.21. The first-order valence-electron chi connectivity index (χ1n) is 10.2. The van der Waals surface area contributed by atoms with Crippen LogP contribution < -0.4 is 15.7 Å². The van der Waals surface area contributed by atoms with Gasteiger partial charge in [-0.2, -0.15) is 0 Å². The van der Waals surface area contributed by atoms with E-state index in [0.717, 1.165) is 41.3 Å².